The summed E-state index contributed by atoms with van der Waals surface area (Å²) < 4.78 is 2.06. The van der Waals surface area contributed by atoms with Gasteiger partial charge in [0.1, 0.15) is 0 Å². The molecule has 0 saturated heterocycles. The molecule has 1 aliphatic rings. The number of nitrogens with zero attached hydrogens (tertiary/aromatic N) is 3. The molecule has 1 aliphatic carbocycles. The average molecular weight is 278 g/mol. The number of aromatic nitrogens is 3. The Morgan fingerprint density at radius 3 is 2.52 bits per heavy atom. The van der Waals surface area contributed by atoms with Gasteiger partial charge < -0.3 is 5.32 Å². The minimum atomic E-state index is 0.182. The highest BCUT2D eigenvalue weighted by Crippen LogP contribution is 2.23. The van der Waals surface area contributed by atoms with Crippen molar-refractivity contribution in [1.82, 2.24) is 19.9 Å². The van der Waals surface area contributed by atoms with Gasteiger partial charge in [0.2, 0.25) is 0 Å². The monoisotopic (exact) mass is 278 g/mol. The minimum Gasteiger partial charge on any atom is -0.304 e. The molecule has 3 aromatic rings. The predicted octanol–water partition coefficient (Wildman–Crippen LogP) is 2.55. The summed E-state index contributed by atoms with van der Waals surface area (Å²) in [5.41, 5.74) is 3.83. The van der Waals surface area contributed by atoms with Crippen molar-refractivity contribution in [2.75, 3.05) is 0 Å². The summed E-state index contributed by atoms with van der Waals surface area (Å²) in [6.07, 6.45) is 4.21. The lowest BCUT2D eigenvalue weighted by atomic mass is 10.1. The summed E-state index contributed by atoms with van der Waals surface area (Å²) in [5.74, 6) is 0.974. The molecule has 0 aliphatic heterocycles. The molecule has 21 heavy (non-hydrogen) atoms. The second kappa shape index (κ2) is 4.97. The molecule has 1 unspecified atom stereocenters. The van der Waals surface area contributed by atoms with Gasteiger partial charge in [0.25, 0.3) is 0 Å². The first-order valence-corrected chi connectivity index (χ1v) is 7.44. The highest BCUT2D eigenvalue weighted by Gasteiger charge is 2.24. The molecule has 0 fully saturated rings. The van der Waals surface area contributed by atoms with E-state index in [0.717, 1.165) is 24.3 Å². The van der Waals surface area contributed by atoms with Crippen molar-refractivity contribution < 1.29 is 0 Å². The molecule has 2 heterocycles. The van der Waals surface area contributed by atoms with Crippen molar-refractivity contribution in [1.29, 1.82) is 0 Å². The van der Waals surface area contributed by atoms with Crippen LogP contribution in [0.3, 0.4) is 0 Å². The molecule has 4 nitrogen and oxygen atoms in total. The summed E-state index contributed by atoms with van der Waals surface area (Å²) in [4.78, 5) is 0. The van der Waals surface area contributed by atoms with Crippen molar-refractivity contribution in [3.63, 3.8) is 0 Å². The average Bonchev–Trinajstić information content (AvgIpc) is 3.10. The molecule has 1 aromatic carbocycles. The van der Waals surface area contributed by atoms with Crippen LogP contribution in [0.15, 0.2) is 48.7 Å². The van der Waals surface area contributed by atoms with Gasteiger partial charge in [-0.15, -0.1) is 10.2 Å². The molecule has 0 spiro atoms. The SMILES string of the molecule is CC(NC1Cc2ccccc2C1)c1nnc2ccccn12. The van der Waals surface area contributed by atoms with Crippen molar-refractivity contribution in [3.8, 4) is 0 Å². The maximum absolute atomic E-state index is 4.34. The van der Waals surface area contributed by atoms with Crippen LogP contribution in [0.25, 0.3) is 5.65 Å². The molecule has 0 amide bonds. The second-order valence-electron chi connectivity index (χ2n) is 5.75. The molecule has 0 bridgehead atoms. The van der Waals surface area contributed by atoms with E-state index in [0.29, 0.717) is 6.04 Å². The number of benzene rings is 1. The number of rotatable bonds is 3. The Kier molecular flexibility index (Phi) is 2.97. The number of nitrogens with one attached hydrogen (secondary N) is 1. The Bertz CT molecular complexity index is 752. The van der Waals surface area contributed by atoms with E-state index in [1.54, 1.807) is 0 Å². The normalized spacial score (nSPS) is 16.2. The largest absolute Gasteiger partial charge is 0.304 e. The zero-order chi connectivity index (χ0) is 14.2. The van der Waals surface area contributed by atoms with E-state index in [-0.39, 0.29) is 6.04 Å². The van der Waals surface area contributed by atoms with E-state index in [4.69, 9.17) is 0 Å². The van der Waals surface area contributed by atoms with E-state index in [2.05, 4.69) is 51.1 Å². The van der Waals surface area contributed by atoms with Crippen LogP contribution in [0.4, 0.5) is 0 Å². The molecule has 0 radical (unpaired) electrons. The van der Waals surface area contributed by atoms with Crippen LogP contribution in [0.2, 0.25) is 0 Å². The maximum Gasteiger partial charge on any atom is 0.160 e. The van der Waals surface area contributed by atoms with Gasteiger partial charge in [0.15, 0.2) is 11.5 Å². The Hall–Kier alpha value is -2.20. The van der Waals surface area contributed by atoms with Gasteiger partial charge in [-0.3, -0.25) is 4.40 Å². The summed E-state index contributed by atoms with van der Waals surface area (Å²) in [6, 6.07) is 15.3. The standard InChI is InChI=1S/C17H18N4/c1-12(17-20-19-16-8-4-5-9-21(16)17)18-15-10-13-6-2-3-7-14(13)11-15/h2-9,12,15,18H,10-11H2,1H3. The van der Waals surface area contributed by atoms with Crippen molar-refractivity contribution in [2.45, 2.75) is 31.8 Å². The van der Waals surface area contributed by atoms with Gasteiger partial charge in [0, 0.05) is 12.2 Å². The van der Waals surface area contributed by atoms with Crippen LogP contribution in [0.5, 0.6) is 0 Å². The first kappa shape index (κ1) is 12.5. The van der Waals surface area contributed by atoms with Gasteiger partial charge in [-0.05, 0) is 43.0 Å². The molecular weight excluding hydrogens is 260 g/mol. The summed E-state index contributed by atoms with van der Waals surface area (Å²) in [7, 11) is 0. The van der Waals surface area contributed by atoms with Gasteiger partial charge in [0.05, 0.1) is 6.04 Å². The van der Waals surface area contributed by atoms with Gasteiger partial charge in [-0.1, -0.05) is 30.3 Å². The van der Waals surface area contributed by atoms with Crippen molar-refractivity contribution in [2.24, 2.45) is 0 Å². The fourth-order valence-electron chi connectivity index (χ4n) is 3.26. The lowest BCUT2D eigenvalue weighted by Crippen LogP contribution is -2.33. The topological polar surface area (TPSA) is 42.2 Å². The predicted molar refractivity (Wildman–Crippen MR) is 82.2 cm³/mol. The fraction of sp³-hybridized carbons (Fsp3) is 0.294. The van der Waals surface area contributed by atoms with E-state index in [9.17, 15) is 0 Å². The van der Waals surface area contributed by atoms with Crippen LogP contribution < -0.4 is 5.32 Å². The minimum absolute atomic E-state index is 0.182. The third kappa shape index (κ3) is 2.21. The number of hydrogen-bond donors (Lipinski definition) is 1. The van der Waals surface area contributed by atoms with Crippen molar-refractivity contribution in [3.05, 3.63) is 65.6 Å². The van der Waals surface area contributed by atoms with E-state index < -0.39 is 0 Å². The first-order valence-electron chi connectivity index (χ1n) is 7.44. The van der Waals surface area contributed by atoms with Crippen LogP contribution in [-0.2, 0) is 12.8 Å². The van der Waals surface area contributed by atoms with Crippen LogP contribution in [0.1, 0.15) is 29.9 Å². The first-order chi connectivity index (χ1) is 10.3. The van der Waals surface area contributed by atoms with Crippen LogP contribution >= 0.6 is 0 Å². The van der Waals surface area contributed by atoms with Crippen LogP contribution in [0, 0.1) is 0 Å². The summed E-state index contributed by atoms with van der Waals surface area (Å²) >= 11 is 0. The maximum atomic E-state index is 4.34. The van der Waals surface area contributed by atoms with E-state index in [1.165, 1.54) is 11.1 Å². The van der Waals surface area contributed by atoms with Crippen molar-refractivity contribution >= 4 is 5.65 Å². The number of fused-ring (bicyclic) bond motifs is 2. The van der Waals surface area contributed by atoms with E-state index >= 15 is 0 Å². The zero-order valence-corrected chi connectivity index (χ0v) is 12.0. The molecule has 0 saturated carbocycles. The Morgan fingerprint density at radius 1 is 1.05 bits per heavy atom. The molecule has 4 heteroatoms. The smallest absolute Gasteiger partial charge is 0.160 e. The van der Waals surface area contributed by atoms with E-state index in [1.807, 2.05) is 24.4 Å². The second-order valence-corrected chi connectivity index (χ2v) is 5.75. The molecule has 106 valence electrons. The quantitative estimate of drug-likeness (QED) is 0.800. The summed E-state index contributed by atoms with van der Waals surface area (Å²) in [6.45, 7) is 2.16. The third-order valence-corrected chi connectivity index (χ3v) is 4.26. The molecule has 1 atom stereocenters. The van der Waals surface area contributed by atoms with Gasteiger partial charge in [-0.25, -0.2) is 0 Å². The van der Waals surface area contributed by atoms with Gasteiger partial charge in [-0.2, -0.15) is 0 Å². The molecule has 4 rings (SSSR count). The zero-order valence-electron chi connectivity index (χ0n) is 12.0. The highest BCUT2D eigenvalue weighted by atomic mass is 15.3. The van der Waals surface area contributed by atoms with Crippen LogP contribution in [-0.4, -0.2) is 20.6 Å². The Morgan fingerprint density at radius 2 is 1.76 bits per heavy atom. The number of pyridine rings is 1. The summed E-state index contributed by atoms with van der Waals surface area (Å²) in [5, 5.41) is 12.3. The Labute approximate surface area is 123 Å². The highest BCUT2D eigenvalue weighted by molar-refractivity contribution is 5.38. The number of hydrogen-bond acceptors (Lipinski definition) is 3. The Balaban J connectivity index is 1.53. The molecule has 1 N–H and O–H groups in total. The molecular formula is C17H18N4. The molecule has 2 aromatic heterocycles. The lowest BCUT2D eigenvalue weighted by molar-refractivity contribution is 0.450. The lowest BCUT2D eigenvalue weighted by Gasteiger charge is -2.17. The van der Waals surface area contributed by atoms with Gasteiger partial charge >= 0.3 is 0 Å². The fourth-order valence-corrected chi connectivity index (χ4v) is 3.26. The third-order valence-electron chi connectivity index (χ3n) is 4.26.